The Morgan fingerprint density at radius 1 is 1.56 bits per heavy atom. The van der Waals surface area contributed by atoms with Crippen molar-refractivity contribution >= 4 is 18.0 Å². The van der Waals surface area contributed by atoms with Crippen molar-refractivity contribution in [1.29, 1.82) is 0 Å². The molecule has 1 heterocycles. The molecule has 0 unspecified atom stereocenters. The van der Waals surface area contributed by atoms with Crippen LogP contribution in [0.2, 0.25) is 0 Å². The van der Waals surface area contributed by atoms with Crippen LogP contribution in [0, 0.1) is 0 Å². The third-order valence-electron chi connectivity index (χ3n) is 1.96. The second kappa shape index (κ2) is 6.34. The van der Waals surface area contributed by atoms with Crippen molar-refractivity contribution < 1.29 is 13.7 Å². The average molecular weight is 243 g/mol. The molecule has 0 fully saturated rings. The van der Waals surface area contributed by atoms with Crippen LogP contribution in [0.3, 0.4) is 0 Å². The third-order valence-corrected chi connectivity index (χ3v) is 2.36. The van der Waals surface area contributed by atoms with E-state index in [4.69, 9.17) is 4.18 Å². The monoisotopic (exact) mass is 243 g/mol. The number of carbonyl (C=O) groups is 1. The maximum atomic E-state index is 11.8. The van der Waals surface area contributed by atoms with Gasteiger partial charge in [0.25, 0.3) is 5.56 Å². The molecule has 0 bridgehead atoms. The molecule has 0 atom stereocenters. The van der Waals surface area contributed by atoms with Crippen molar-refractivity contribution in [3.63, 3.8) is 0 Å². The van der Waals surface area contributed by atoms with E-state index in [0.29, 0.717) is 13.2 Å². The number of nitrogens with zero attached hydrogens (tertiary/aromatic N) is 1. The number of methoxy groups -OCH3 is 1. The van der Waals surface area contributed by atoms with Crippen LogP contribution < -0.4 is 5.56 Å². The van der Waals surface area contributed by atoms with Gasteiger partial charge >= 0.3 is 5.97 Å². The van der Waals surface area contributed by atoms with E-state index in [-0.39, 0.29) is 11.1 Å². The Labute approximate surface area is 97.6 Å². The molecule has 6 heteroatoms. The first kappa shape index (κ1) is 12.8. The molecule has 0 aliphatic heterocycles. The molecular weight excluding hydrogens is 230 g/mol. The lowest BCUT2D eigenvalue weighted by molar-refractivity contribution is 0.0597. The minimum Gasteiger partial charge on any atom is -0.465 e. The first-order chi connectivity index (χ1) is 7.70. The molecule has 1 aromatic heterocycles. The molecule has 1 rings (SSSR count). The maximum absolute atomic E-state index is 11.8. The molecule has 0 amide bonds. The van der Waals surface area contributed by atoms with E-state index in [9.17, 15) is 9.59 Å². The minimum atomic E-state index is -0.620. The number of hydrogen-bond acceptors (Lipinski definition) is 5. The number of rotatable bonds is 5. The summed E-state index contributed by atoms with van der Waals surface area (Å²) < 4.78 is 11.0. The van der Waals surface area contributed by atoms with E-state index in [1.54, 1.807) is 18.5 Å². The number of carbonyl (C=O) groups excluding carboxylic acids is 1. The highest BCUT2D eigenvalue weighted by molar-refractivity contribution is 7.93. The van der Waals surface area contributed by atoms with Gasteiger partial charge in [0.1, 0.15) is 5.56 Å². The summed E-state index contributed by atoms with van der Waals surface area (Å²) in [6, 6.07) is 3.08. The summed E-state index contributed by atoms with van der Waals surface area (Å²) >= 11 is 1.23. The SMILES string of the molecule is COC(=O)c1cccn(CCOSC)c1=O. The first-order valence-corrected chi connectivity index (χ1v) is 5.79. The van der Waals surface area contributed by atoms with Crippen LogP contribution in [0.5, 0.6) is 0 Å². The van der Waals surface area contributed by atoms with Crippen molar-refractivity contribution in [1.82, 2.24) is 4.57 Å². The summed E-state index contributed by atoms with van der Waals surface area (Å²) in [6.45, 7) is 0.816. The zero-order chi connectivity index (χ0) is 12.0. The number of aromatic nitrogens is 1. The Kier molecular flexibility index (Phi) is 5.07. The predicted octanol–water partition coefficient (Wildman–Crippen LogP) is 0.929. The molecule has 0 aromatic carbocycles. The zero-order valence-electron chi connectivity index (χ0n) is 9.13. The smallest absolute Gasteiger partial charge is 0.343 e. The second-order valence-corrected chi connectivity index (χ2v) is 3.47. The highest BCUT2D eigenvalue weighted by Crippen LogP contribution is 1.97. The van der Waals surface area contributed by atoms with Gasteiger partial charge in [0.15, 0.2) is 0 Å². The zero-order valence-corrected chi connectivity index (χ0v) is 9.95. The van der Waals surface area contributed by atoms with Gasteiger partial charge in [0, 0.05) is 12.5 Å². The summed E-state index contributed by atoms with van der Waals surface area (Å²) in [5.74, 6) is -0.620. The molecule has 5 nitrogen and oxygen atoms in total. The van der Waals surface area contributed by atoms with Crippen molar-refractivity contribution in [2.45, 2.75) is 6.54 Å². The largest absolute Gasteiger partial charge is 0.465 e. The molecule has 1 aromatic rings. The highest BCUT2D eigenvalue weighted by atomic mass is 32.2. The van der Waals surface area contributed by atoms with Gasteiger partial charge in [-0.25, -0.2) is 4.79 Å². The Balaban J connectivity index is 2.87. The Hall–Kier alpha value is -1.27. The summed E-state index contributed by atoms with van der Waals surface area (Å²) in [6.07, 6.45) is 3.41. The van der Waals surface area contributed by atoms with Crippen LogP contribution in [0.1, 0.15) is 10.4 Å². The normalized spacial score (nSPS) is 10.1. The average Bonchev–Trinajstić information content (AvgIpc) is 2.30. The molecule has 88 valence electrons. The lowest BCUT2D eigenvalue weighted by Gasteiger charge is -2.06. The third kappa shape index (κ3) is 3.11. The Bertz CT molecular complexity index is 416. The van der Waals surface area contributed by atoms with Crippen LogP contribution in [-0.2, 0) is 15.5 Å². The molecule has 0 aliphatic rings. The predicted molar refractivity (Wildman–Crippen MR) is 61.5 cm³/mol. The van der Waals surface area contributed by atoms with E-state index in [1.165, 1.54) is 29.8 Å². The van der Waals surface area contributed by atoms with Gasteiger partial charge in [0.2, 0.25) is 0 Å². The highest BCUT2D eigenvalue weighted by Gasteiger charge is 2.11. The van der Waals surface area contributed by atoms with Crippen LogP contribution in [0.4, 0.5) is 0 Å². The maximum Gasteiger partial charge on any atom is 0.343 e. The molecule has 0 spiro atoms. The quantitative estimate of drug-likeness (QED) is 0.437. The topological polar surface area (TPSA) is 57.5 Å². The lowest BCUT2D eigenvalue weighted by Crippen LogP contribution is -2.27. The van der Waals surface area contributed by atoms with Gasteiger partial charge in [0.05, 0.1) is 20.3 Å². The van der Waals surface area contributed by atoms with Crippen LogP contribution >= 0.6 is 12.0 Å². The number of ether oxygens (including phenoxy) is 1. The van der Waals surface area contributed by atoms with Crippen molar-refractivity contribution in [3.8, 4) is 0 Å². The minimum absolute atomic E-state index is 0.0363. The molecule has 0 N–H and O–H groups in total. The van der Waals surface area contributed by atoms with E-state index >= 15 is 0 Å². The molecule has 0 saturated carbocycles. The summed E-state index contributed by atoms with van der Waals surface area (Å²) in [5.41, 5.74) is -0.326. The van der Waals surface area contributed by atoms with E-state index < -0.39 is 5.97 Å². The summed E-state index contributed by atoms with van der Waals surface area (Å²) in [7, 11) is 1.25. The fourth-order valence-corrected chi connectivity index (χ4v) is 1.44. The molecule has 16 heavy (non-hydrogen) atoms. The second-order valence-electron chi connectivity index (χ2n) is 2.90. The molecular formula is C10H13NO4S. The summed E-state index contributed by atoms with van der Waals surface area (Å²) in [5, 5.41) is 0. The van der Waals surface area contributed by atoms with E-state index in [2.05, 4.69) is 4.74 Å². The summed E-state index contributed by atoms with van der Waals surface area (Å²) in [4.78, 5) is 23.0. The standard InChI is InChI=1S/C10H13NO4S/c1-14-10(13)8-4-3-5-11(9(8)12)6-7-15-16-2/h3-5H,6-7H2,1-2H3. The lowest BCUT2D eigenvalue weighted by atomic mass is 10.3. The number of esters is 1. The van der Waals surface area contributed by atoms with Crippen LogP contribution in [0.15, 0.2) is 23.1 Å². The van der Waals surface area contributed by atoms with E-state index in [1.807, 2.05) is 0 Å². The van der Waals surface area contributed by atoms with Gasteiger partial charge in [-0.3, -0.25) is 4.79 Å². The van der Waals surface area contributed by atoms with Gasteiger partial charge < -0.3 is 13.5 Å². The Morgan fingerprint density at radius 3 is 2.94 bits per heavy atom. The molecule has 0 saturated heterocycles. The van der Waals surface area contributed by atoms with Gasteiger partial charge in [-0.1, -0.05) is 0 Å². The van der Waals surface area contributed by atoms with Crippen LogP contribution in [0.25, 0.3) is 0 Å². The van der Waals surface area contributed by atoms with Crippen molar-refractivity contribution in [3.05, 3.63) is 34.2 Å². The molecule has 0 radical (unpaired) electrons. The van der Waals surface area contributed by atoms with Crippen molar-refractivity contribution in [2.75, 3.05) is 20.0 Å². The Morgan fingerprint density at radius 2 is 2.31 bits per heavy atom. The number of pyridine rings is 1. The van der Waals surface area contributed by atoms with Gasteiger partial charge in [-0.05, 0) is 24.2 Å². The fourth-order valence-electron chi connectivity index (χ4n) is 1.20. The number of hydrogen-bond donors (Lipinski definition) is 0. The first-order valence-electron chi connectivity index (χ1n) is 4.64. The van der Waals surface area contributed by atoms with Gasteiger partial charge in [-0.2, -0.15) is 0 Å². The fraction of sp³-hybridized carbons (Fsp3) is 0.400. The molecule has 0 aliphatic carbocycles. The van der Waals surface area contributed by atoms with E-state index in [0.717, 1.165) is 0 Å². The van der Waals surface area contributed by atoms with Gasteiger partial charge in [-0.15, -0.1) is 0 Å². The van der Waals surface area contributed by atoms with Crippen LogP contribution in [-0.4, -0.2) is 30.5 Å². The van der Waals surface area contributed by atoms with Crippen molar-refractivity contribution in [2.24, 2.45) is 0 Å².